The summed E-state index contributed by atoms with van der Waals surface area (Å²) in [7, 11) is 1.68. The zero-order chi connectivity index (χ0) is 12.8. The molecule has 0 aliphatic carbocycles. The predicted octanol–water partition coefficient (Wildman–Crippen LogP) is 4.20. The van der Waals surface area contributed by atoms with Crippen molar-refractivity contribution < 1.29 is 4.74 Å². The Morgan fingerprint density at radius 3 is 2.65 bits per heavy atom. The second kappa shape index (κ2) is 6.51. The largest absolute Gasteiger partial charge is 0.496 e. The fourth-order valence-electron chi connectivity index (χ4n) is 1.96. The van der Waals surface area contributed by atoms with E-state index in [1.54, 1.807) is 7.11 Å². The second-order valence-electron chi connectivity index (χ2n) is 4.18. The van der Waals surface area contributed by atoms with Gasteiger partial charge in [-0.25, -0.2) is 0 Å². The molecule has 0 aliphatic heterocycles. The van der Waals surface area contributed by atoms with Crippen LogP contribution in [0, 0.1) is 25.2 Å². The van der Waals surface area contributed by atoms with Crippen molar-refractivity contribution in [1.82, 2.24) is 0 Å². The number of nitrogens with zero attached hydrogens (tertiary/aromatic N) is 1. The summed E-state index contributed by atoms with van der Waals surface area (Å²) in [4.78, 5) is 0. The number of hydrogen-bond donors (Lipinski definition) is 0. The maximum atomic E-state index is 8.50. The Balaban J connectivity index is 2.89. The number of hydrogen-bond acceptors (Lipinski definition) is 2. The topological polar surface area (TPSA) is 33.0 Å². The fraction of sp³-hybridized carbons (Fsp3) is 0.500. The molecule has 0 radical (unpaired) electrons. The van der Waals surface area contributed by atoms with Crippen LogP contribution >= 0.6 is 11.6 Å². The van der Waals surface area contributed by atoms with Crippen LogP contribution in [0.2, 0.25) is 5.02 Å². The lowest BCUT2D eigenvalue weighted by Gasteiger charge is -2.14. The Kier molecular flexibility index (Phi) is 5.31. The van der Waals surface area contributed by atoms with Crippen molar-refractivity contribution in [2.75, 3.05) is 7.11 Å². The van der Waals surface area contributed by atoms with Crippen LogP contribution in [0.1, 0.15) is 36.0 Å². The molecule has 0 amide bonds. The minimum Gasteiger partial charge on any atom is -0.496 e. The molecule has 92 valence electrons. The van der Waals surface area contributed by atoms with Crippen molar-refractivity contribution >= 4 is 11.6 Å². The third-order valence-corrected chi connectivity index (χ3v) is 3.54. The molecule has 0 aliphatic rings. The van der Waals surface area contributed by atoms with E-state index in [0.29, 0.717) is 6.42 Å². The number of benzene rings is 1. The van der Waals surface area contributed by atoms with E-state index in [4.69, 9.17) is 21.6 Å². The molecule has 1 aromatic rings. The third-order valence-electron chi connectivity index (χ3n) is 2.96. The van der Waals surface area contributed by atoms with Gasteiger partial charge in [-0.15, -0.1) is 0 Å². The van der Waals surface area contributed by atoms with Gasteiger partial charge in [0.15, 0.2) is 0 Å². The highest BCUT2D eigenvalue weighted by atomic mass is 35.5. The number of unbranched alkanes of at least 4 members (excludes halogenated alkanes) is 2. The average Bonchev–Trinajstić information content (AvgIpc) is 2.33. The van der Waals surface area contributed by atoms with E-state index in [9.17, 15) is 0 Å². The first-order valence-electron chi connectivity index (χ1n) is 5.81. The minimum atomic E-state index is 0.612. The summed E-state index contributed by atoms with van der Waals surface area (Å²) < 4.78 is 5.40. The number of aryl methyl sites for hydroxylation is 1. The van der Waals surface area contributed by atoms with Crippen molar-refractivity contribution in [3.05, 3.63) is 27.8 Å². The molecule has 0 fully saturated rings. The second-order valence-corrected chi connectivity index (χ2v) is 4.56. The average molecular weight is 252 g/mol. The van der Waals surface area contributed by atoms with Gasteiger partial charge in [0.25, 0.3) is 0 Å². The molecule has 0 N–H and O–H groups in total. The van der Waals surface area contributed by atoms with Gasteiger partial charge in [-0.05, 0) is 55.9 Å². The molecular weight excluding hydrogens is 234 g/mol. The van der Waals surface area contributed by atoms with Gasteiger partial charge in [0, 0.05) is 11.4 Å². The van der Waals surface area contributed by atoms with Crippen molar-refractivity contribution in [2.45, 2.75) is 39.5 Å². The quantitative estimate of drug-likeness (QED) is 0.735. The lowest BCUT2D eigenvalue weighted by molar-refractivity contribution is 0.408. The van der Waals surface area contributed by atoms with Gasteiger partial charge in [-0.2, -0.15) is 5.26 Å². The fourth-order valence-corrected chi connectivity index (χ4v) is 2.13. The molecule has 0 saturated carbocycles. The van der Waals surface area contributed by atoms with Crippen molar-refractivity contribution in [1.29, 1.82) is 5.26 Å². The van der Waals surface area contributed by atoms with Crippen molar-refractivity contribution in [3.63, 3.8) is 0 Å². The van der Waals surface area contributed by atoms with Gasteiger partial charge in [-0.3, -0.25) is 0 Å². The molecule has 3 heteroatoms. The van der Waals surface area contributed by atoms with E-state index in [2.05, 4.69) is 6.07 Å². The summed E-state index contributed by atoms with van der Waals surface area (Å²) in [6, 6.07) is 4.14. The Bertz CT molecular complexity index is 435. The maximum Gasteiger partial charge on any atom is 0.122 e. The van der Waals surface area contributed by atoms with E-state index in [1.807, 2.05) is 19.9 Å². The summed E-state index contributed by atoms with van der Waals surface area (Å²) >= 11 is 6.24. The van der Waals surface area contributed by atoms with E-state index in [0.717, 1.165) is 41.2 Å². The smallest absolute Gasteiger partial charge is 0.122 e. The molecule has 0 spiro atoms. The van der Waals surface area contributed by atoms with Crippen LogP contribution in [0.25, 0.3) is 0 Å². The van der Waals surface area contributed by atoms with Crippen LogP contribution in [0.4, 0.5) is 0 Å². The van der Waals surface area contributed by atoms with Crippen LogP contribution < -0.4 is 4.74 Å². The highest BCUT2D eigenvalue weighted by Crippen LogP contribution is 2.32. The Morgan fingerprint density at radius 2 is 2.06 bits per heavy atom. The Morgan fingerprint density at radius 1 is 1.35 bits per heavy atom. The molecule has 0 heterocycles. The van der Waals surface area contributed by atoms with Crippen molar-refractivity contribution in [2.24, 2.45) is 0 Å². The molecule has 1 rings (SSSR count). The first-order chi connectivity index (χ1) is 8.11. The van der Waals surface area contributed by atoms with Gasteiger partial charge in [0.05, 0.1) is 13.2 Å². The van der Waals surface area contributed by atoms with E-state index in [1.165, 1.54) is 5.56 Å². The maximum absolute atomic E-state index is 8.50. The zero-order valence-electron chi connectivity index (χ0n) is 10.6. The lowest BCUT2D eigenvalue weighted by atomic mass is 9.99. The highest BCUT2D eigenvalue weighted by molar-refractivity contribution is 6.32. The number of nitriles is 1. The van der Waals surface area contributed by atoms with E-state index >= 15 is 0 Å². The molecule has 17 heavy (non-hydrogen) atoms. The van der Waals surface area contributed by atoms with Gasteiger partial charge < -0.3 is 4.74 Å². The number of methoxy groups -OCH3 is 1. The number of halogens is 1. The van der Waals surface area contributed by atoms with Crippen LogP contribution in [0.3, 0.4) is 0 Å². The minimum absolute atomic E-state index is 0.612. The predicted molar refractivity (Wildman–Crippen MR) is 70.6 cm³/mol. The number of ether oxygens (including phenoxy) is 1. The standard InChI is InChI=1S/C14H18ClNO/c1-10-9-13(17-3)12(11(2)14(10)15)7-5-4-6-8-16/h9H,4-7H2,1-3H3. The Hall–Kier alpha value is -1.20. The Labute approximate surface area is 108 Å². The molecule has 2 nitrogen and oxygen atoms in total. The van der Waals surface area contributed by atoms with Crippen LogP contribution in [-0.2, 0) is 6.42 Å². The first-order valence-corrected chi connectivity index (χ1v) is 6.19. The summed E-state index contributed by atoms with van der Waals surface area (Å²) in [5.41, 5.74) is 3.31. The van der Waals surface area contributed by atoms with Gasteiger partial charge >= 0.3 is 0 Å². The summed E-state index contributed by atoms with van der Waals surface area (Å²) in [6.45, 7) is 4.01. The third kappa shape index (κ3) is 3.38. The van der Waals surface area contributed by atoms with Crippen LogP contribution in [0.15, 0.2) is 6.07 Å². The molecule has 0 aromatic heterocycles. The SMILES string of the molecule is COc1cc(C)c(Cl)c(C)c1CCCCC#N. The highest BCUT2D eigenvalue weighted by Gasteiger charge is 2.12. The summed E-state index contributed by atoms with van der Waals surface area (Å²) in [6.07, 6.45) is 3.44. The zero-order valence-corrected chi connectivity index (χ0v) is 11.4. The van der Waals surface area contributed by atoms with Gasteiger partial charge in [0.1, 0.15) is 5.75 Å². The lowest BCUT2D eigenvalue weighted by Crippen LogP contribution is -1.98. The first kappa shape index (κ1) is 13.9. The molecule has 0 bridgehead atoms. The van der Waals surface area contributed by atoms with Crippen LogP contribution in [-0.4, -0.2) is 7.11 Å². The molecule has 0 unspecified atom stereocenters. The van der Waals surface area contributed by atoms with Crippen molar-refractivity contribution in [3.8, 4) is 11.8 Å². The van der Waals surface area contributed by atoms with Gasteiger partial charge in [0.2, 0.25) is 0 Å². The van der Waals surface area contributed by atoms with E-state index in [-0.39, 0.29) is 0 Å². The molecule has 0 atom stereocenters. The monoisotopic (exact) mass is 251 g/mol. The van der Waals surface area contributed by atoms with Crippen LogP contribution in [0.5, 0.6) is 5.75 Å². The molecule has 0 saturated heterocycles. The summed E-state index contributed by atoms with van der Waals surface area (Å²) in [5, 5.41) is 9.32. The van der Waals surface area contributed by atoms with E-state index < -0.39 is 0 Å². The summed E-state index contributed by atoms with van der Waals surface area (Å²) in [5.74, 6) is 0.904. The number of rotatable bonds is 5. The van der Waals surface area contributed by atoms with Gasteiger partial charge in [-0.1, -0.05) is 11.6 Å². The molecular formula is C14H18ClNO. The molecule has 1 aromatic carbocycles. The normalized spacial score (nSPS) is 10.1.